The molecule has 0 atom stereocenters. The van der Waals surface area contributed by atoms with Crippen molar-refractivity contribution in [2.75, 3.05) is 13.2 Å². The first-order chi connectivity index (χ1) is 10.7. The quantitative estimate of drug-likeness (QED) is 0.710. The average Bonchev–Trinajstić information content (AvgIpc) is 2.98. The predicted molar refractivity (Wildman–Crippen MR) is 84.1 cm³/mol. The molecule has 22 heavy (non-hydrogen) atoms. The van der Waals surface area contributed by atoms with Crippen molar-refractivity contribution in [2.24, 2.45) is 0 Å². The Hall–Kier alpha value is -2.66. The number of aromatic nitrogens is 2. The van der Waals surface area contributed by atoms with E-state index in [1.54, 1.807) is 18.2 Å². The molecule has 5 nitrogen and oxygen atoms in total. The maximum absolute atomic E-state index is 11.5. The summed E-state index contributed by atoms with van der Waals surface area (Å²) in [5.41, 5.74) is 2.95. The topological polar surface area (TPSA) is 75.2 Å². The van der Waals surface area contributed by atoms with E-state index < -0.39 is 6.61 Å². The second-order valence-electron chi connectivity index (χ2n) is 4.86. The molecule has 3 aromatic rings. The Bertz CT molecular complexity index is 806. The average molecular weight is 296 g/mol. The highest BCUT2D eigenvalue weighted by Crippen LogP contribution is 2.23. The number of rotatable bonds is 5. The highest BCUT2D eigenvalue weighted by molar-refractivity contribution is 5.99. The summed E-state index contributed by atoms with van der Waals surface area (Å²) in [4.78, 5) is 19.2. The summed E-state index contributed by atoms with van der Waals surface area (Å²) >= 11 is 0. The fourth-order valence-corrected chi connectivity index (χ4v) is 2.29. The molecule has 0 aliphatic carbocycles. The number of nitrogens with one attached hydrogen (secondary N) is 1. The number of imidazole rings is 1. The van der Waals surface area contributed by atoms with Crippen LogP contribution in [0.15, 0.2) is 42.5 Å². The Kier molecular flexibility index (Phi) is 3.89. The van der Waals surface area contributed by atoms with Crippen LogP contribution in [0.4, 0.5) is 0 Å². The van der Waals surface area contributed by atoms with E-state index in [1.807, 2.05) is 31.2 Å². The van der Waals surface area contributed by atoms with E-state index in [4.69, 9.17) is 9.84 Å². The zero-order valence-corrected chi connectivity index (χ0v) is 12.2. The Balaban J connectivity index is 1.95. The second kappa shape index (κ2) is 5.99. The summed E-state index contributed by atoms with van der Waals surface area (Å²) in [7, 11) is 0. The summed E-state index contributed by atoms with van der Waals surface area (Å²) in [6.07, 6.45) is 0. The highest BCUT2D eigenvalue weighted by atomic mass is 16.5. The number of H-pyrrole nitrogens is 1. The van der Waals surface area contributed by atoms with Crippen molar-refractivity contribution in [3.63, 3.8) is 0 Å². The third-order valence-electron chi connectivity index (χ3n) is 3.39. The Labute approximate surface area is 127 Å². The molecular weight excluding hydrogens is 280 g/mol. The number of Topliss-reactive ketones (excluding diaryl/α,β-unsaturated/α-hetero) is 1. The summed E-state index contributed by atoms with van der Waals surface area (Å²) in [5, 5.41) is 8.93. The Morgan fingerprint density at radius 3 is 2.68 bits per heavy atom. The minimum absolute atomic E-state index is 0.306. The summed E-state index contributed by atoms with van der Waals surface area (Å²) in [6, 6.07) is 12.8. The van der Waals surface area contributed by atoms with Gasteiger partial charge in [0.15, 0.2) is 5.78 Å². The lowest BCUT2D eigenvalue weighted by Gasteiger charge is -2.02. The number of ether oxygens (including phenoxy) is 1. The van der Waals surface area contributed by atoms with E-state index in [1.165, 1.54) is 0 Å². The van der Waals surface area contributed by atoms with Crippen LogP contribution in [0.5, 0.6) is 5.75 Å². The maximum Gasteiger partial charge on any atom is 0.188 e. The SMILES string of the molecule is CCOc1ccc(-c2nc3ccc(C(=O)CO)cc3[nH]2)cc1. The molecule has 0 saturated heterocycles. The van der Waals surface area contributed by atoms with Gasteiger partial charge in [0, 0.05) is 11.1 Å². The smallest absolute Gasteiger partial charge is 0.188 e. The lowest BCUT2D eigenvalue weighted by Crippen LogP contribution is -2.03. The number of fused-ring (bicyclic) bond motifs is 1. The van der Waals surface area contributed by atoms with Crippen LogP contribution in [-0.4, -0.2) is 34.1 Å². The van der Waals surface area contributed by atoms with Gasteiger partial charge in [0.1, 0.15) is 18.2 Å². The standard InChI is InChI=1S/C17H16N2O3/c1-2-22-13-6-3-11(4-7-13)17-18-14-8-5-12(16(21)10-20)9-15(14)19-17/h3-9,20H,2,10H2,1H3,(H,18,19). The number of aromatic amines is 1. The van der Waals surface area contributed by atoms with Crippen LogP contribution in [0.3, 0.4) is 0 Å². The zero-order valence-electron chi connectivity index (χ0n) is 12.2. The molecule has 5 heteroatoms. The molecule has 3 rings (SSSR count). The van der Waals surface area contributed by atoms with Crippen LogP contribution in [0, 0.1) is 0 Å². The van der Waals surface area contributed by atoms with Crippen LogP contribution < -0.4 is 4.74 Å². The normalized spacial score (nSPS) is 10.8. The van der Waals surface area contributed by atoms with E-state index in [0.717, 1.165) is 28.2 Å². The molecule has 1 aromatic heterocycles. The van der Waals surface area contributed by atoms with Gasteiger partial charge >= 0.3 is 0 Å². The molecular formula is C17H16N2O3. The molecule has 0 unspecified atom stereocenters. The van der Waals surface area contributed by atoms with Gasteiger partial charge in [-0.2, -0.15) is 0 Å². The maximum atomic E-state index is 11.5. The molecule has 1 heterocycles. The van der Waals surface area contributed by atoms with E-state index >= 15 is 0 Å². The molecule has 0 spiro atoms. The van der Waals surface area contributed by atoms with Crippen molar-refractivity contribution in [3.8, 4) is 17.1 Å². The summed E-state index contributed by atoms with van der Waals surface area (Å²) in [6.45, 7) is 2.08. The molecule has 0 saturated carbocycles. The number of carbonyl (C=O) groups is 1. The van der Waals surface area contributed by atoms with Crippen molar-refractivity contribution in [3.05, 3.63) is 48.0 Å². The molecule has 0 bridgehead atoms. The van der Waals surface area contributed by atoms with E-state index in [9.17, 15) is 4.79 Å². The third-order valence-corrected chi connectivity index (χ3v) is 3.39. The Morgan fingerprint density at radius 2 is 2.00 bits per heavy atom. The number of benzene rings is 2. The Morgan fingerprint density at radius 1 is 1.23 bits per heavy atom. The van der Waals surface area contributed by atoms with Gasteiger partial charge in [-0.25, -0.2) is 4.98 Å². The van der Waals surface area contributed by atoms with Gasteiger partial charge in [0.25, 0.3) is 0 Å². The van der Waals surface area contributed by atoms with Gasteiger partial charge in [-0.3, -0.25) is 4.79 Å². The number of hydrogen-bond acceptors (Lipinski definition) is 4. The lowest BCUT2D eigenvalue weighted by molar-refractivity contribution is 0.0904. The first-order valence-electron chi connectivity index (χ1n) is 7.08. The number of hydrogen-bond donors (Lipinski definition) is 2. The predicted octanol–water partition coefficient (Wildman–Crippen LogP) is 2.80. The monoisotopic (exact) mass is 296 g/mol. The van der Waals surface area contributed by atoms with E-state index in [-0.39, 0.29) is 5.78 Å². The molecule has 0 radical (unpaired) electrons. The molecule has 2 aromatic carbocycles. The first kappa shape index (κ1) is 14.3. The van der Waals surface area contributed by atoms with Crippen LogP contribution in [0.2, 0.25) is 0 Å². The minimum Gasteiger partial charge on any atom is -0.494 e. The van der Waals surface area contributed by atoms with Crippen LogP contribution in [-0.2, 0) is 0 Å². The van der Waals surface area contributed by atoms with Gasteiger partial charge in [-0.1, -0.05) is 0 Å². The number of ketones is 1. The van der Waals surface area contributed by atoms with Crippen LogP contribution >= 0.6 is 0 Å². The van der Waals surface area contributed by atoms with Crippen molar-refractivity contribution < 1.29 is 14.6 Å². The van der Waals surface area contributed by atoms with Crippen molar-refractivity contribution in [2.45, 2.75) is 6.92 Å². The fraction of sp³-hybridized carbons (Fsp3) is 0.176. The van der Waals surface area contributed by atoms with Gasteiger partial charge in [0.2, 0.25) is 0 Å². The number of carbonyl (C=O) groups excluding carboxylic acids is 1. The molecule has 0 fully saturated rings. The van der Waals surface area contributed by atoms with E-state index in [0.29, 0.717) is 12.2 Å². The largest absolute Gasteiger partial charge is 0.494 e. The van der Waals surface area contributed by atoms with Gasteiger partial charge < -0.3 is 14.8 Å². The molecule has 2 N–H and O–H groups in total. The lowest BCUT2D eigenvalue weighted by atomic mass is 10.1. The zero-order chi connectivity index (χ0) is 15.5. The van der Waals surface area contributed by atoms with Gasteiger partial charge in [-0.05, 0) is 49.4 Å². The van der Waals surface area contributed by atoms with Gasteiger partial charge in [0.05, 0.1) is 17.6 Å². The molecule has 0 aliphatic heterocycles. The number of aliphatic hydroxyl groups excluding tert-OH is 1. The van der Waals surface area contributed by atoms with Crippen molar-refractivity contribution in [1.82, 2.24) is 9.97 Å². The summed E-state index contributed by atoms with van der Waals surface area (Å²) < 4.78 is 5.42. The molecule has 0 aliphatic rings. The summed E-state index contributed by atoms with van der Waals surface area (Å²) in [5.74, 6) is 1.24. The van der Waals surface area contributed by atoms with Crippen molar-refractivity contribution in [1.29, 1.82) is 0 Å². The third kappa shape index (κ3) is 2.71. The van der Waals surface area contributed by atoms with Crippen LogP contribution in [0.1, 0.15) is 17.3 Å². The minimum atomic E-state index is -0.495. The second-order valence-corrected chi connectivity index (χ2v) is 4.86. The number of nitrogens with zero attached hydrogens (tertiary/aromatic N) is 1. The van der Waals surface area contributed by atoms with Crippen molar-refractivity contribution >= 4 is 16.8 Å². The fourth-order valence-electron chi connectivity index (χ4n) is 2.29. The van der Waals surface area contributed by atoms with Gasteiger partial charge in [-0.15, -0.1) is 0 Å². The first-order valence-corrected chi connectivity index (χ1v) is 7.08. The molecule has 0 amide bonds. The van der Waals surface area contributed by atoms with E-state index in [2.05, 4.69) is 9.97 Å². The number of aliphatic hydroxyl groups is 1. The molecule has 112 valence electrons. The van der Waals surface area contributed by atoms with Crippen LogP contribution in [0.25, 0.3) is 22.4 Å². The highest BCUT2D eigenvalue weighted by Gasteiger charge is 2.09.